The number of nitro groups is 1. The van der Waals surface area contributed by atoms with Crippen molar-refractivity contribution in [1.29, 1.82) is 0 Å². The second-order valence-electron chi connectivity index (χ2n) is 2.20. The number of hydrogen-bond acceptors (Lipinski definition) is 5. The van der Waals surface area contributed by atoms with Gasteiger partial charge < -0.3 is 0 Å². The van der Waals surface area contributed by atoms with Crippen molar-refractivity contribution in [3.05, 3.63) is 32.4 Å². The van der Waals surface area contributed by atoms with Crippen molar-refractivity contribution in [1.82, 2.24) is 4.98 Å². The lowest BCUT2D eigenvalue weighted by molar-refractivity contribution is -0.736. The van der Waals surface area contributed by atoms with Gasteiger partial charge in [0.15, 0.2) is 7.11 Å². The van der Waals surface area contributed by atoms with Gasteiger partial charge in [0.1, 0.15) is 12.3 Å². The first-order valence-corrected chi connectivity index (χ1v) is 3.75. The lowest BCUT2D eigenvalue weighted by Crippen LogP contribution is -2.01. The van der Waals surface area contributed by atoms with E-state index < -0.39 is 4.92 Å². The van der Waals surface area contributed by atoms with E-state index in [1.54, 1.807) is 0 Å². The highest BCUT2D eigenvalue weighted by atomic mass is 35.5. The number of aromatic nitrogens is 1. The quantitative estimate of drug-likeness (QED) is 0.437. The Bertz CT molecular complexity index is 395. The van der Waals surface area contributed by atoms with Crippen LogP contribution >= 0.6 is 11.6 Å². The molecule has 0 aliphatic heterocycles. The van der Waals surface area contributed by atoms with E-state index in [0.29, 0.717) is 0 Å². The molecule has 1 heterocycles. The summed E-state index contributed by atoms with van der Waals surface area (Å²) in [6.07, 6.45) is 0.954. The van der Waals surface area contributed by atoms with E-state index in [-0.39, 0.29) is 21.5 Å². The standard InChI is InChI=1S/C6H5ClN3O4/c1-14-10(13)5-2-4(9(11)12)3-8-6(5)7/h2-3H,1H3/q+1. The Morgan fingerprint density at radius 1 is 1.57 bits per heavy atom. The minimum atomic E-state index is -0.684. The number of nitrogens with zero attached hydrogens (tertiary/aromatic N) is 3. The fourth-order valence-electron chi connectivity index (χ4n) is 0.752. The van der Waals surface area contributed by atoms with Crippen LogP contribution in [0.2, 0.25) is 5.15 Å². The van der Waals surface area contributed by atoms with E-state index in [9.17, 15) is 15.0 Å². The van der Waals surface area contributed by atoms with Crippen LogP contribution in [0.1, 0.15) is 0 Å². The predicted octanol–water partition coefficient (Wildman–Crippen LogP) is 1.61. The zero-order chi connectivity index (χ0) is 10.7. The van der Waals surface area contributed by atoms with E-state index >= 15 is 0 Å². The maximum Gasteiger partial charge on any atom is 0.360 e. The molecule has 0 aliphatic rings. The Hall–Kier alpha value is -1.76. The monoisotopic (exact) mass is 218 g/mol. The van der Waals surface area contributed by atoms with Gasteiger partial charge >= 0.3 is 5.69 Å². The fraction of sp³-hybridized carbons (Fsp3) is 0.167. The van der Waals surface area contributed by atoms with Crippen molar-refractivity contribution < 1.29 is 14.7 Å². The van der Waals surface area contributed by atoms with Crippen molar-refractivity contribution in [2.75, 3.05) is 7.11 Å². The highest BCUT2D eigenvalue weighted by Crippen LogP contribution is 2.25. The summed E-state index contributed by atoms with van der Waals surface area (Å²) >= 11 is 5.52. The third kappa shape index (κ3) is 1.94. The molecule has 0 saturated carbocycles. The highest BCUT2D eigenvalue weighted by Gasteiger charge is 2.25. The Morgan fingerprint density at radius 2 is 2.21 bits per heavy atom. The SMILES string of the molecule is CO[N+](=O)c1cc([N+](=O)[O-])cnc1Cl. The molecule has 7 nitrogen and oxygen atoms in total. The van der Waals surface area contributed by atoms with Crippen molar-refractivity contribution >= 4 is 23.0 Å². The summed E-state index contributed by atoms with van der Waals surface area (Å²) in [5, 5.41) is 10.2. The van der Waals surface area contributed by atoms with Gasteiger partial charge in [-0.3, -0.25) is 10.1 Å². The Balaban J connectivity index is 3.21. The first kappa shape index (κ1) is 10.3. The highest BCUT2D eigenvalue weighted by molar-refractivity contribution is 6.31. The zero-order valence-corrected chi connectivity index (χ0v) is 7.76. The molecule has 1 aromatic rings. The minimum absolute atomic E-state index is 0.0440. The summed E-state index contributed by atoms with van der Waals surface area (Å²) in [4.78, 5) is 28.4. The molecule has 1 rings (SSSR count). The summed E-state index contributed by atoms with van der Waals surface area (Å²) in [6.45, 7) is 0. The van der Waals surface area contributed by atoms with Crippen LogP contribution in [0.25, 0.3) is 0 Å². The second kappa shape index (κ2) is 3.97. The van der Waals surface area contributed by atoms with Gasteiger partial charge in [-0.1, -0.05) is 11.6 Å². The van der Waals surface area contributed by atoms with Gasteiger partial charge in [0, 0.05) is 0 Å². The maximum absolute atomic E-state index is 11.0. The normalized spacial score (nSPS) is 9.57. The van der Waals surface area contributed by atoms with Crippen LogP contribution in [0.5, 0.6) is 0 Å². The average molecular weight is 219 g/mol. The molecule has 0 saturated heterocycles. The van der Waals surface area contributed by atoms with Gasteiger partial charge in [0.05, 0.1) is 9.83 Å². The molecule has 0 aromatic carbocycles. The number of rotatable bonds is 3. The molecule has 0 fully saturated rings. The largest absolute Gasteiger partial charge is 0.360 e. The molecule has 0 radical (unpaired) electrons. The van der Waals surface area contributed by atoms with E-state index in [1.807, 2.05) is 0 Å². The van der Waals surface area contributed by atoms with Gasteiger partial charge in [-0.15, -0.1) is 0 Å². The number of pyridine rings is 1. The van der Waals surface area contributed by atoms with Crippen LogP contribution in [0.3, 0.4) is 0 Å². The van der Waals surface area contributed by atoms with E-state index in [0.717, 1.165) is 19.4 Å². The maximum atomic E-state index is 11.0. The average Bonchev–Trinajstić information content (AvgIpc) is 2.17. The minimum Gasteiger partial charge on any atom is -0.258 e. The first-order chi connectivity index (χ1) is 6.56. The molecular formula is C6H5ClN3O4+. The molecule has 14 heavy (non-hydrogen) atoms. The van der Waals surface area contributed by atoms with Crippen molar-refractivity contribution in [2.24, 2.45) is 0 Å². The van der Waals surface area contributed by atoms with Crippen molar-refractivity contribution in [2.45, 2.75) is 0 Å². The smallest absolute Gasteiger partial charge is 0.258 e. The number of hydrogen-bond donors (Lipinski definition) is 0. The van der Waals surface area contributed by atoms with Crippen molar-refractivity contribution in [3.8, 4) is 0 Å². The van der Waals surface area contributed by atoms with Gasteiger partial charge in [0.25, 0.3) is 10.6 Å². The molecule has 74 valence electrons. The predicted molar refractivity (Wildman–Crippen MR) is 46.2 cm³/mol. The summed E-state index contributed by atoms with van der Waals surface area (Å²) in [7, 11) is 1.11. The van der Waals surface area contributed by atoms with Gasteiger partial charge in [0.2, 0.25) is 5.15 Å². The topological polar surface area (TPSA) is 85.3 Å². The third-order valence-corrected chi connectivity index (χ3v) is 1.67. The molecule has 0 atom stereocenters. The van der Waals surface area contributed by atoms with Crippen molar-refractivity contribution in [3.63, 3.8) is 0 Å². The Labute approximate surface area is 82.9 Å². The lowest BCUT2D eigenvalue weighted by Gasteiger charge is -1.92. The zero-order valence-electron chi connectivity index (χ0n) is 7.01. The van der Waals surface area contributed by atoms with E-state index in [1.165, 1.54) is 0 Å². The summed E-state index contributed by atoms with van der Waals surface area (Å²) < 4.78 is 0. The summed E-state index contributed by atoms with van der Waals surface area (Å²) in [5.41, 5.74) is -0.536. The number of halogens is 1. The van der Waals surface area contributed by atoms with E-state index in [4.69, 9.17) is 11.6 Å². The Kier molecular flexibility index (Phi) is 2.92. The third-order valence-electron chi connectivity index (χ3n) is 1.38. The van der Waals surface area contributed by atoms with Crippen LogP contribution in [-0.2, 0) is 4.84 Å². The molecule has 0 bridgehead atoms. The van der Waals surface area contributed by atoms with Crippen LogP contribution in [0.4, 0.5) is 11.4 Å². The molecule has 0 spiro atoms. The molecule has 0 N–H and O–H groups in total. The van der Waals surface area contributed by atoms with E-state index in [2.05, 4.69) is 9.82 Å². The lowest BCUT2D eigenvalue weighted by atomic mass is 10.4. The summed E-state index contributed by atoms with van der Waals surface area (Å²) in [6, 6.07) is 0.978. The molecule has 0 aliphatic carbocycles. The van der Waals surface area contributed by atoms with Crippen LogP contribution < -0.4 is 0 Å². The second-order valence-corrected chi connectivity index (χ2v) is 2.56. The molecule has 8 heteroatoms. The summed E-state index contributed by atoms with van der Waals surface area (Å²) in [5.74, 6) is 0. The molecule has 0 amide bonds. The fourth-order valence-corrected chi connectivity index (χ4v) is 0.924. The van der Waals surface area contributed by atoms with Gasteiger partial charge in [-0.05, 0) is 0 Å². The van der Waals surface area contributed by atoms with Gasteiger partial charge in [-0.25, -0.2) is 9.82 Å². The van der Waals surface area contributed by atoms with Crippen LogP contribution in [0.15, 0.2) is 12.3 Å². The Morgan fingerprint density at radius 3 is 2.71 bits per heavy atom. The first-order valence-electron chi connectivity index (χ1n) is 3.37. The molecule has 1 aromatic heterocycles. The van der Waals surface area contributed by atoms with Crippen LogP contribution in [0, 0.1) is 15.0 Å². The molecule has 0 unspecified atom stereocenters. The molecular weight excluding hydrogens is 214 g/mol. The van der Waals surface area contributed by atoms with Crippen LogP contribution in [-0.4, -0.2) is 21.9 Å². The van der Waals surface area contributed by atoms with Gasteiger partial charge in [-0.2, -0.15) is 0 Å².